The van der Waals surface area contributed by atoms with Crippen LogP contribution in [0.3, 0.4) is 0 Å². The number of hydrogen-bond donors (Lipinski definition) is 2. The Balaban J connectivity index is 1.37. The highest BCUT2D eigenvalue weighted by atomic mass is 19.1. The molecular weight excluding hydrogens is 408 g/mol. The van der Waals surface area contributed by atoms with Crippen LogP contribution in [0.15, 0.2) is 60.9 Å². The molecule has 0 saturated heterocycles. The van der Waals surface area contributed by atoms with Crippen molar-refractivity contribution in [2.24, 2.45) is 5.92 Å². The predicted octanol–water partition coefficient (Wildman–Crippen LogP) is 5.53. The zero-order valence-electron chi connectivity index (χ0n) is 17.9. The quantitative estimate of drug-likeness (QED) is 0.413. The maximum Gasteiger partial charge on any atom is 0.223 e. The van der Waals surface area contributed by atoms with Crippen LogP contribution >= 0.6 is 0 Å². The summed E-state index contributed by atoms with van der Waals surface area (Å²) >= 11 is 0. The van der Waals surface area contributed by atoms with E-state index in [1.165, 1.54) is 18.2 Å². The molecule has 2 heterocycles. The number of carbonyl (C=O) groups excluding carboxylic acids is 1. The molecule has 2 aromatic carbocycles. The van der Waals surface area contributed by atoms with E-state index in [0.717, 1.165) is 39.8 Å². The number of aromatic amines is 1. The summed E-state index contributed by atoms with van der Waals surface area (Å²) in [6.07, 6.45) is 5.37. The van der Waals surface area contributed by atoms with E-state index in [-0.39, 0.29) is 29.4 Å². The molecule has 32 heavy (non-hydrogen) atoms. The fourth-order valence-corrected chi connectivity index (χ4v) is 4.76. The van der Waals surface area contributed by atoms with Crippen molar-refractivity contribution < 1.29 is 13.6 Å². The third-order valence-electron chi connectivity index (χ3n) is 6.50. The predicted molar refractivity (Wildman–Crippen MR) is 121 cm³/mol. The average molecular weight is 434 g/mol. The van der Waals surface area contributed by atoms with E-state index < -0.39 is 0 Å². The van der Waals surface area contributed by atoms with E-state index in [4.69, 9.17) is 0 Å². The molecule has 1 amide bonds. The van der Waals surface area contributed by atoms with Crippen molar-refractivity contribution >= 4 is 16.8 Å². The molecule has 0 atom stereocenters. The highest BCUT2D eigenvalue weighted by molar-refractivity contribution is 5.94. The van der Waals surface area contributed by atoms with Crippen LogP contribution in [-0.2, 0) is 11.3 Å². The molecule has 0 spiro atoms. The molecule has 2 aromatic heterocycles. The van der Waals surface area contributed by atoms with Gasteiger partial charge in [0.05, 0.1) is 0 Å². The number of aromatic nitrogens is 2. The van der Waals surface area contributed by atoms with Crippen molar-refractivity contribution in [1.82, 2.24) is 14.9 Å². The van der Waals surface area contributed by atoms with Gasteiger partial charge in [-0.3, -0.25) is 4.79 Å². The van der Waals surface area contributed by atoms with Crippen molar-refractivity contribution in [3.8, 4) is 11.3 Å². The van der Waals surface area contributed by atoms with Crippen molar-refractivity contribution in [1.29, 1.82) is 0 Å². The summed E-state index contributed by atoms with van der Waals surface area (Å²) in [6.45, 7) is 3.21. The van der Waals surface area contributed by atoms with Gasteiger partial charge in [0.25, 0.3) is 0 Å². The zero-order valence-corrected chi connectivity index (χ0v) is 17.9. The van der Waals surface area contributed by atoms with Gasteiger partial charge in [-0.15, -0.1) is 0 Å². The molecule has 0 radical (unpaired) electrons. The van der Waals surface area contributed by atoms with E-state index in [1.54, 1.807) is 18.2 Å². The van der Waals surface area contributed by atoms with E-state index in [0.29, 0.717) is 19.4 Å². The fraction of sp³-hybridized carbons (Fsp3) is 0.269. The van der Waals surface area contributed by atoms with Crippen LogP contribution in [0.4, 0.5) is 8.78 Å². The van der Waals surface area contributed by atoms with Crippen molar-refractivity contribution in [2.75, 3.05) is 6.54 Å². The number of benzene rings is 2. The average Bonchev–Trinajstić information content (AvgIpc) is 3.36. The van der Waals surface area contributed by atoms with E-state index in [9.17, 15) is 13.6 Å². The fourth-order valence-electron chi connectivity index (χ4n) is 4.76. The number of halogens is 2. The molecule has 0 aliphatic heterocycles. The Morgan fingerprint density at radius 3 is 2.53 bits per heavy atom. The number of rotatable bonds is 6. The number of carbonyl (C=O) groups is 1. The van der Waals surface area contributed by atoms with Gasteiger partial charge in [0.15, 0.2) is 0 Å². The monoisotopic (exact) mass is 433 g/mol. The number of amides is 1. The van der Waals surface area contributed by atoms with Gasteiger partial charge < -0.3 is 14.9 Å². The minimum absolute atomic E-state index is 0.0506. The number of hydrogen-bond acceptors (Lipinski definition) is 1. The summed E-state index contributed by atoms with van der Waals surface area (Å²) in [5.41, 5.74) is 4.47. The first-order valence-electron chi connectivity index (χ1n) is 11.0. The number of nitrogens with zero attached hydrogens (tertiary/aromatic N) is 1. The summed E-state index contributed by atoms with van der Waals surface area (Å²) in [5.74, 6) is -0.414. The lowest BCUT2D eigenvalue weighted by Gasteiger charge is -2.35. The maximum absolute atomic E-state index is 14.3. The molecule has 0 bridgehead atoms. The maximum atomic E-state index is 14.3. The molecule has 164 valence electrons. The lowest BCUT2D eigenvalue weighted by atomic mass is 9.70. The van der Waals surface area contributed by atoms with Crippen LogP contribution in [0.25, 0.3) is 22.2 Å². The molecule has 2 N–H and O–H groups in total. The Bertz CT molecular complexity index is 1250. The summed E-state index contributed by atoms with van der Waals surface area (Å²) in [5, 5.41) is 3.87. The molecule has 0 unspecified atom stereocenters. The van der Waals surface area contributed by atoms with Crippen LogP contribution in [0.2, 0.25) is 0 Å². The van der Waals surface area contributed by atoms with Crippen LogP contribution in [-0.4, -0.2) is 22.0 Å². The molecule has 1 aliphatic rings. The zero-order chi connectivity index (χ0) is 22.2. The molecule has 5 rings (SSSR count). The number of nitrogens with one attached hydrogen (secondary N) is 2. The summed E-state index contributed by atoms with van der Waals surface area (Å²) in [4.78, 5) is 16.0. The number of aryl methyl sites for hydroxylation is 1. The largest absolute Gasteiger partial charge is 0.354 e. The van der Waals surface area contributed by atoms with E-state index in [1.807, 2.05) is 36.0 Å². The first-order valence-corrected chi connectivity index (χ1v) is 11.0. The molecule has 6 heteroatoms. The lowest BCUT2D eigenvalue weighted by molar-refractivity contribution is -0.127. The molecule has 1 aliphatic carbocycles. The van der Waals surface area contributed by atoms with E-state index in [2.05, 4.69) is 10.3 Å². The Hall–Kier alpha value is -3.41. The molecule has 1 fully saturated rings. The van der Waals surface area contributed by atoms with Gasteiger partial charge in [-0.1, -0.05) is 0 Å². The van der Waals surface area contributed by atoms with Gasteiger partial charge in [-0.25, -0.2) is 8.78 Å². The third-order valence-corrected chi connectivity index (χ3v) is 6.50. The molecular formula is C26H25F2N3O. The van der Waals surface area contributed by atoms with Gasteiger partial charge in [0.1, 0.15) is 11.6 Å². The van der Waals surface area contributed by atoms with Gasteiger partial charge in [0.2, 0.25) is 5.91 Å². The SMILES string of the molecule is Cc1cc(F)cc2c1[nH]c(-c1ccc(F)cc1)c2[C@H]1C[C@@H](C(=O)NCCn2cccc2)C1. The highest BCUT2D eigenvalue weighted by Gasteiger charge is 2.38. The van der Waals surface area contributed by atoms with Crippen LogP contribution in [0, 0.1) is 24.5 Å². The van der Waals surface area contributed by atoms with Crippen molar-refractivity contribution in [3.63, 3.8) is 0 Å². The molecule has 4 aromatic rings. The normalized spacial score (nSPS) is 18.0. The smallest absolute Gasteiger partial charge is 0.223 e. The second kappa shape index (κ2) is 8.26. The second-order valence-corrected chi connectivity index (χ2v) is 8.64. The van der Waals surface area contributed by atoms with Crippen LogP contribution in [0.1, 0.15) is 29.9 Å². The first kappa shape index (κ1) is 20.5. The van der Waals surface area contributed by atoms with Crippen molar-refractivity contribution in [2.45, 2.75) is 32.2 Å². The minimum atomic E-state index is -0.297. The van der Waals surface area contributed by atoms with Crippen LogP contribution < -0.4 is 5.32 Å². The van der Waals surface area contributed by atoms with Gasteiger partial charge >= 0.3 is 0 Å². The van der Waals surface area contributed by atoms with Gasteiger partial charge in [0, 0.05) is 48.0 Å². The highest BCUT2D eigenvalue weighted by Crippen LogP contribution is 2.48. The Morgan fingerprint density at radius 1 is 1.09 bits per heavy atom. The molecule has 4 nitrogen and oxygen atoms in total. The summed E-state index contributed by atoms with van der Waals surface area (Å²) < 4.78 is 29.8. The topological polar surface area (TPSA) is 49.8 Å². The summed E-state index contributed by atoms with van der Waals surface area (Å²) in [7, 11) is 0. The summed E-state index contributed by atoms with van der Waals surface area (Å²) in [6, 6.07) is 13.3. The lowest BCUT2D eigenvalue weighted by Crippen LogP contribution is -2.39. The Kier molecular flexibility index (Phi) is 5.29. The molecule has 1 saturated carbocycles. The Labute approximate surface area is 185 Å². The first-order chi connectivity index (χ1) is 15.5. The minimum Gasteiger partial charge on any atom is -0.354 e. The van der Waals surface area contributed by atoms with Crippen molar-refractivity contribution in [3.05, 3.63) is 83.7 Å². The van der Waals surface area contributed by atoms with E-state index >= 15 is 0 Å². The van der Waals surface area contributed by atoms with Gasteiger partial charge in [-0.05, 0) is 90.9 Å². The number of H-pyrrole nitrogens is 1. The second-order valence-electron chi connectivity index (χ2n) is 8.64. The third kappa shape index (κ3) is 3.81. The Morgan fingerprint density at radius 2 is 1.81 bits per heavy atom. The van der Waals surface area contributed by atoms with Gasteiger partial charge in [-0.2, -0.15) is 0 Å². The standard InChI is InChI=1S/C26H25F2N3O/c1-16-12-21(28)15-22-23(25(30-24(16)22)17-4-6-20(27)7-5-17)18-13-19(14-18)26(32)29-8-11-31-9-2-3-10-31/h2-7,9-10,12,15,18-19,30H,8,11,13-14H2,1H3,(H,29,32)/t18-,19+. The number of fused-ring (bicyclic) bond motifs is 1. The van der Waals surface area contributed by atoms with Crippen LogP contribution in [0.5, 0.6) is 0 Å².